The van der Waals surface area contributed by atoms with Crippen molar-refractivity contribution < 1.29 is 9.47 Å². The molecule has 1 fully saturated rings. The van der Waals surface area contributed by atoms with Crippen LogP contribution in [-0.4, -0.2) is 43.9 Å². The first-order valence-corrected chi connectivity index (χ1v) is 10.1. The van der Waals surface area contributed by atoms with Crippen LogP contribution < -0.4 is 15.4 Å². The van der Waals surface area contributed by atoms with Crippen LogP contribution in [0.4, 0.5) is 0 Å². The van der Waals surface area contributed by atoms with Gasteiger partial charge in [-0.1, -0.05) is 33.8 Å². The molecule has 1 aliphatic heterocycles. The Balaban J connectivity index is 1.81. The third-order valence-corrected chi connectivity index (χ3v) is 4.77. The van der Waals surface area contributed by atoms with Gasteiger partial charge < -0.3 is 20.1 Å². The molecule has 0 radical (unpaired) electrons. The largest absolute Gasteiger partial charge is 0.478 e. The van der Waals surface area contributed by atoms with E-state index in [2.05, 4.69) is 48.3 Å². The molecule has 2 rings (SSSR count). The lowest BCUT2D eigenvalue weighted by Gasteiger charge is -2.40. The minimum absolute atomic E-state index is 0.150. The lowest BCUT2D eigenvalue weighted by molar-refractivity contribution is -0.0835. The number of rotatable bonds is 7. The first-order chi connectivity index (χ1) is 12.9. The Bertz CT molecular complexity index is 581. The van der Waals surface area contributed by atoms with Crippen LogP contribution in [0.5, 0.6) is 5.88 Å². The summed E-state index contributed by atoms with van der Waals surface area (Å²) in [7, 11) is 1.80. The van der Waals surface area contributed by atoms with Crippen molar-refractivity contribution >= 4 is 5.96 Å². The highest BCUT2D eigenvalue weighted by Gasteiger charge is 2.35. The predicted molar refractivity (Wildman–Crippen MR) is 110 cm³/mol. The Morgan fingerprint density at radius 3 is 2.78 bits per heavy atom. The van der Waals surface area contributed by atoms with Gasteiger partial charge in [-0.15, -0.1) is 0 Å². The van der Waals surface area contributed by atoms with Crippen molar-refractivity contribution in [1.82, 2.24) is 15.6 Å². The van der Waals surface area contributed by atoms with Crippen molar-refractivity contribution in [1.29, 1.82) is 0 Å². The van der Waals surface area contributed by atoms with Gasteiger partial charge in [0.1, 0.15) is 0 Å². The molecule has 1 aliphatic rings. The number of aliphatic imine (C=N–C) groups is 1. The lowest BCUT2D eigenvalue weighted by atomic mass is 9.78. The maximum atomic E-state index is 6.07. The SMILES string of the molecule is CCCOc1ccc(CNC(=NC)NCC2CCCOC2C(C)(C)C)cn1. The third-order valence-electron chi connectivity index (χ3n) is 4.77. The summed E-state index contributed by atoms with van der Waals surface area (Å²) in [5.74, 6) is 1.97. The van der Waals surface area contributed by atoms with Crippen LogP contribution in [0.25, 0.3) is 0 Å². The van der Waals surface area contributed by atoms with Gasteiger partial charge in [-0.3, -0.25) is 4.99 Å². The van der Waals surface area contributed by atoms with Gasteiger partial charge in [0.15, 0.2) is 5.96 Å². The van der Waals surface area contributed by atoms with Crippen LogP contribution in [0.2, 0.25) is 0 Å². The van der Waals surface area contributed by atoms with E-state index >= 15 is 0 Å². The Hall–Kier alpha value is -1.82. The molecule has 2 heterocycles. The van der Waals surface area contributed by atoms with Crippen molar-refractivity contribution in [2.45, 2.75) is 59.6 Å². The van der Waals surface area contributed by atoms with E-state index in [0.717, 1.165) is 37.5 Å². The molecule has 0 saturated carbocycles. The molecule has 27 heavy (non-hydrogen) atoms. The second kappa shape index (κ2) is 10.5. The fraction of sp³-hybridized carbons (Fsp3) is 0.714. The fourth-order valence-electron chi connectivity index (χ4n) is 3.45. The van der Waals surface area contributed by atoms with E-state index in [9.17, 15) is 0 Å². The minimum atomic E-state index is 0.150. The Kier molecular flexibility index (Phi) is 8.35. The summed E-state index contributed by atoms with van der Waals surface area (Å²) in [4.78, 5) is 8.68. The summed E-state index contributed by atoms with van der Waals surface area (Å²) in [6, 6.07) is 3.94. The number of hydrogen-bond donors (Lipinski definition) is 2. The van der Waals surface area contributed by atoms with Crippen molar-refractivity contribution in [3.63, 3.8) is 0 Å². The van der Waals surface area contributed by atoms with Gasteiger partial charge >= 0.3 is 0 Å². The molecule has 2 atom stereocenters. The zero-order valence-electron chi connectivity index (χ0n) is 17.5. The second-order valence-corrected chi connectivity index (χ2v) is 8.22. The van der Waals surface area contributed by atoms with Crippen LogP contribution in [-0.2, 0) is 11.3 Å². The van der Waals surface area contributed by atoms with Gasteiger partial charge in [0.2, 0.25) is 5.88 Å². The summed E-state index contributed by atoms with van der Waals surface area (Å²) in [5, 5.41) is 6.82. The maximum Gasteiger partial charge on any atom is 0.213 e. The number of hydrogen-bond acceptors (Lipinski definition) is 4. The number of ether oxygens (including phenoxy) is 2. The standard InChI is InChI=1S/C21H36N4O2/c1-6-11-26-18-10-9-16(13-23-18)14-24-20(22-5)25-15-17-8-7-12-27-19(17)21(2,3)4/h9-10,13,17,19H,6-8,11-12,14-15H2,1-5H3,(H2,22,24,25). The van der Waals surface area contributed by atoms with E-state index in [0.29, 0.717) is 24.9 Å². The summed E-state index contributed by atoms with van der Waals surface area (Å²) >= 11 is 0. The highest BCUT2D eigenvalue weighted by molar-refractivity contribution is 5.79. The Morgan fingerprint density at radius 1 is 1.33 bits per heavy atom. The molecule has 0 bridgehead atoms. The van der Waals surface area contributed by atoms with Gasteiger partial charge in [0, 0.05) is 44.9 Å². The molecule has 1 aromatic rings. The first-order valence-electron chi connectivity index (χ1n) is 10.1. The summed E-state index contributed by atoms with van der Waals surface area (Å²) in [6.07, 6.45) is 5.42. The van der Waals surface area contributed by atoms with Crippen molar-refractivity contribution in [3.05, 3.63) is 23.9 Å². The third kappa shape index (κ3) is 7.01. The average Bonchev–Trinajstić information content (AvgIpc) is 2.67. The van der Waals surface area contributed by atoms with E-state index in [1.807, 2.05) is 18.3 Å². The molecule has 0 spiro atoms. The van der Waals surface area contributed by atoms with E-state index in [1.54, 1.807) is 7.05 Å². The van der Waals surface area contributed by atoms with Gasteiger partial charge in [0.05, 0.1) is 12.7 Å². The van der Waals surface area contributed by atoms with Crippen molar-refractivity contribution in [2.75, 3.05) is 26.8 Å². The number of guanidine groups is 1. The summed E-state index contributed by atoms with van der Waals surface area (Å²) < 4.78 is 11.6. The molecule has 0 aliphatic carbocycles. The van der Waals surface area contributed by atoms with Gasteiger partial charge in [-0.05, 0) is 30.2 Å². The summed E-state index contributed by atoms with van der Waals surface area (Å²) in [5.41, 5.74) is 1.24. The van der Waals surface area contributed by atoms with Gasteiger partial charge in [-0.25, -0.2) is 4.98 Å². The Morgan fingerprint density at radius 2 is 2.15 bits per heavy atom. The zero-order chi connectivity index (χ0) is 19.7. The highest BCUT2D eigenvalue weighted by Crippen LogP contribution is 2.33. The van der Waals surface area contributed by atoms with Gasteiger partial charge in [0.25, 0.3) is 0 Å². The smallest absolute Gasteiger partial charge is 0.213 e. The lowest BCUT2D eigenvalue weighted by Crippen LogP contribution is -2.47. The topological polar surface area (TPSA) is 67.8 Å². The first kappa shape index (κ1) is 21.5. The molecular formula is C21H36N4O2. The number of nitrogens with zero attached hydrogens (tertiary/aromatic N) is 2. The molecule has 2 N–H and O–H groups in total. The number of pyridine rings is 1. The van der Waals surface area contributed by atoms with E-state index in [-0.39, 0.29) is 11.5 Å². The van der Waals surface area contributed by atoms with Crippen LogP contribution in [0.1, 0.15) is 52.5 Å². The molecule has 6 nitrogen and oxygen atoms in total. The molecule has 1 aromatic heterocycles. The van der Waals surface area contributed by atoms with E-state index in [4.69, 9.17) is 9.47 Å². The van der Waals surface area contributed by atoms with Crippen LogP contribution in [0.15, 0.2) is 23.3 Å². The number of nitrogens with one attached hydrogen (secondary N) is 2. The zero-order valence-corrected chi connectivity index (χ0v) is 17.5. The monoisotopic (exact) mass is 376 g/mol. The second-order valence-electron chi connectivity index (χ2n) is 8.22. The molecular weight excluding hydrogens is 340 g/mol. The molecule has 6 heteroatoms. The maximum absolute atomic E-state index is 6.07. The van der Waals surface area contributed by atoms with Gasteiger partial charge in [-0.2, -0.15) is 0 Å². The summed E-state index contributed by atoms with van der Waals surface area (Å²) in [6.45, 7) is 11.9. The molecule has 0 amide bonds. The van der Waals surface area contributed by atoms with E-state index < -0.39 is 0 Å². The predicted octanol–water partition coefficient (Wildman–Crippen LogP) is 3.38. The average molecular weight is 377 g/mol. The normalized spacial score (nSPS) is 21.0. The minimum Gasteiger partial charge on any atom is -0.478 e. The quantitative estimate of drug-likeness (QED) is 0.564. The van der Waals surface area contributed by atoms with E-state index in [1.165, 1.54) is 6.42 Å². The van der Waals surface area contributed by atoms with Crippen LogP contribution in [0.3, 0.4) is 0 Å². The van der Waals surface area contributed by atoms with Crippen molar-refractivity contribution in [2.24, 2.45) is 16.3 Å². The molecule has 152 valence electrons. The molecule has 1 saturated heterocycles. The highest BCUT2D eigenvalue weighted by atomic mass is 16.5. The van der Waals surface area contributed by atoms with Crippen LogP contribution in [0, 0.1) is 11.3 Å². The Labute approximate surface area is 164 Å². The number of aromatic nitrogens is 1. The molecule has 2 unspecified atom stereocenters. The van der Waals surface area contributed by atoms with Crippen LogP contribution >= 0.6 is 0 Å². The van der Waals surface area contributed by atoms with Crippen molar-refractivity contribution in [3.8, 4) is 5.88 Å². The molecule has 0 aromatic carbocycles. The fourth-order valence-corrected chi connectivity index (χ4v) is 3.45.